The van der Waals surface area contributed by atoms with Crippen molar-refractivity contribution < 1.29 is 4.79 Å². The Labute approximate surface area is 84.5 Å². The molecule has 0 spiro atoms. The van der Waals surface area contributed by atoms with Gasteiger partial charge in [0.25, 0.3) is 0 Å². The third-order valence-electron chi connectivity index (χ3n) is 2.96. The minimum atomic E-state index is 0.369. The van der Waals surface area contributed by atoms with E-state index in [9.17, 15) is 4.79 Å². The van der Waals surface area contributed by atoms with E-state index in [1.807, 2.05) is 12.1 Å². The smallest absolute Gasteiger partial charge is 0.120 e. The maximum Gasteiger partial charge on any atom is 0.120 e. The van der Waals surface area contributed by atoms with Gasteiger partial charge in [-0.1, -0.05) is 43.3 Å². The van der Waals surface area contributed by atoms with Crippen molar-refractivity contribution in [1.29, 1.82) is 0 Å². The molecule has 0 amide bonds. The van der Waals surface area contributed by atoms with Crippen molar-refractivity contribution >= 4 is 12.4 Å². The summed E-state index contributed by atoms with van der Waals surface area (Å²) in [5, 5.41) is 0. The summed E-state index contributed by atoms with van der Waals surface area (Å²) in [6.45, 7) is 2.17. The highest BCUT2D eigenvalue weighted by atomic mass is 16.1. The maximum absolute atomic E-state index is 10.6. The number of benzene rings is 1. The monoisotopic (exact) mass is 186 g/mol. The summed E-state index contributed by atoms with van der Waals surface area (Å²) < 4.78 is 0. The largest absolute Gasteiger partial charge is 0.303 e. The number of fused-ring (bicyclic) bond motifs is 1. The summed E-state index contributed by atoms with van der Waals surface area (Å²) in [5.74, 6) is 0.837. The van der Waals surface area contributed by atoms with E-state index in [4.69, 9.17) is 0 Å². The summed E-state index contributed by atoms with van der Waals surface area (Å²) >= 11 is 0. The average Bonchev–Trinajstić information content (AvgIpc) is 2.23. The summed E-state index contributed by atoms with van der Waals surface area (Å²) in [4.78, 5) is 10.6. The van der Waals surface area contributed by atoms with Gasteiger partial charge in [-0.25, -0.2) is 0 Å². The Morgan fingerprint density at radius 3 is 2.93 bits per heavy atom. The van der Waals surface area contributed by atoms with Crippen molar-refractivity contribution in [2.75, 3.05) is 0 Å². The lowest BCUT2D eigenvalue weighted by Crippen LogP contribution is -2.13. The summed E-state index contributed by atoms with van der Waals surface area (Å²) in [7, 11) is 0. The molecule has 2 rings (SSSR count). The van der Waals surface area contributed by atoms with Crippen LogP contribution in [0.3, 0.4) is 0 Å². The Kier molecular flexibility index (Phi) is 2.49. The zero-order chi connectivity index (χ0) is 9.97. The van der Waals surface area contributed by atoms with Crippen LogP contribution in [0.1, 0.15) is 30.4 Å². The summed E-state index contributed by atoms with van der Waals surface area (Å²) in [6.07, 6.45) is 6.00. The first-order valence-corrected chi connectivity index (χ1v) is 5.03. The Morgan fingerprint density at radius 1 is 1.36 bits per heavy atom. The third-order valence-corrected chi connectivity index (χ3v) is 2.96. The van der Waals surface area contributed by atoms with E-state index in [0.717, 1.165) is 6.29 Å². The van der Waals surface area contributed by atoms with E-state index in [2.05, 4.69) is 31.2 Å². The lowest BCUT2D eigenvalue weighted by Gasteiger charge is -2.25. The first-order valence-electron chi connectivity index (χ1n) is 5.03. The number of carbonyl (C=O) groups is 1. The molecular weight excluding hydrogens is 172 g/mol. The quantitative estimate of drug-likeness (QED) is 0.649. The highest BCUT2D eigenvalue weighted by Crippen LogP contribution is 2.35. The van der Waals surface area contributed by atoms with Gasteiger partial charge in [-0.2, -0.15) is 0 Å². The van der Waals surface area contributed by atoms with Gasteiger partial charge in [-0.3, -0.25) is 0 Å². The van der Waals surface area contributed by atoms with Crippen molar-refractivity contribution in [2.45, 2.75) is 19.3 Å². The number of hydrogen-bond acceptors (Lipinski definition) is 1. The fourth-order valence-corrected chi connectivity index (χ4v) is 2.12. The molecule has 0 bridgehead atoms. The molecule has 1 heteroatoms. The molecule has 14 heavy (non-hydrogen) atoms. The van der Waals surface area contributed by atoms with Crippen LogP contribution < -0.4 is 0 Å². The highest BCUT2D eigenvalue weighted by molar-refractivity contribution is 5.61. The molecule has 0 saturated carbocycles. The van der Waals surface area contributed by atoms with Gasteiger partial charge in [0.15, 0.2) is 0 Å². The van der Waals surface area contributed by atoms with Gasteiger partial charge in [-0.05, 0) is 23.0 Å². The molecule has 0 saturated heterocycles. The van der Waals surface area contributed by atoms with Gasteiger partial charge < -0.3 is 4.79 Å². The van der Waals surface area contributed by atoms with Crippen molar-refractivity contribution in [2.24, 2.45) is 5.92 Å². The van der Waals surface area contributed by atoms with Crippen molar-refractivity contribution in [3.63, 3.8) is 0 Å². The number of hydrogen-bond donors (Lipinski definition) is 0. The van der Waals surface area contributed by atoms with Crippen LogP contribution in [0.15, 0.2) is 30.3 Å². The molecule has 1 aromatic carbocycles. The SMILES string of the molecule is CC1C=Cc2ccccc2C1CC=O. The van der Waals surface area contributed by atoms with Crippen LogP contribution in [0.25, 0.3) is 6.08 Å². The van der Waals surface area contributed by atoms with Gasteiger partial charge in [0, 0.05) is 6.42 Å². The third kappa shape index (κ3) is 1.50. The number of aldehydes is 1. The topological polar surface area (TPSA) is 17.1 Å². The van der Waals surface area contributed by atoms with Crippen molar-refractivity contribution in [1.82, 2.24) is 0 Å². The van der Waals surface area contributed by atoms with Crippen LogP contribution in [-0.4, -0.2) is 6.29 Å². The number of allylic oxidation sites excluding steroid dienone is 1. The standard InChI is InChI=1S/C13H14O/c1-10-6-7-11-4-2-3-5-13(11)12(10)8-9-14/h2-7,9-10,12H,8H2,1H3. The minimum Gasteiger partial charge on any atom is -0.303 e. The molecule has 1 aromatic rings. The Morgan fingerprint density at radius 2 is 2.14 bits per heavy atom. The van der Waals surface area contributed by atoms with Gasteiger partial charge >= 0.3 is 0 Å². The van der Waals surface area contributed by atoms with E-state index < -0.39 is 0 Å². The zero-order valence-corrected chi connectivity index (χ0v) is 8.31. The van der Waals surface area contributed by atoms with E-state index in [0.29, 0.717) is 18.3 Å². The molecule has 0 fully saturated rings. The van der Waals surface area contributed by atoms with Crippen LogP contribution in [0, 0.1) is 5.92 Å². The molecule has 72 valence electrons. The van der Waals surface area contributed by atoms with Crippen LogP contribution in [-0.2, 0) is 4.79 Å². The van der Waals surface area contributed by atoms with Gasteiger partial charge in [-0.15, -0.1) is 0 Å². The molecule has 1 aliphatic carbocycles. The Bertz CT molecular complexity index is 365. The van der Waals surface area contributed by atoms with Crippen LogP contribution in [0.2, 0.25) is 0 Å². The molecule has 2 unspecified atom stereocenters. The summed E-state index contributed by atoms with van der Waals surface area (Å²) in [6, 6.07) is 8.32. The number of carbonyl (C=O) groups excluding carboxylic acids is 1. The second-order valence-electron chi connectivity index (χ2n) is 3.86. The molecule has 0 radical (unpaired) electrons. The molecule has 0 heterocycles. The molecule has 0 aromatic heterocycles. The Balaban J connectivity index is 2.42. The van der Waals surface area contributed by atoms with E-state index >= 15 is 0 Å². The second kappa shape index (κ2) is 3.79. The fourth-order valence-electron chi connectivity index (χ4n) is 2.12. The zero-order valence-electron chi connectivity index (χ0n) is 8.31. The summed E-state index contributed by atoms with van der Waals surface area (Å²) in [5.41, 5.74) is 2.58. The minimum absolute atomic E-state index is 0.369. The lowest BCUT2D eigenvalue weighted by atomic mass is 9.79. The fraction of sp³-hybridized carbons (Fsp3) is 0.308. The molecule has 0 aliphatic heterocycles. The van der Waals surface area contributed by atoms with Gasteiger partial charge in [0.2, 0.25) is 0 Å². The lowest BCUT2D eigenvalue weighted by molar-refractivity contribution is -0.108. The first kappa shape index (κ1) is 9.20. The van der Waals surface area contributed by atoms with Crippen LogP contribution in [0.4, 0.5) is 0 Å². The number of rotatable bonds is 2. The van der Waals surface area contributed by atoms with E-state index in [1.165, 1.54) is 11.1 Å². The van der Waals surface area contributed by atoms with Gasteiger partial charge in [0.1, 0.15) is 6.29 Å². The molecule has 0 N–H and O–H groups in total. The predicted molar refractivity (Wildman–Crippen MR) is 58.1 cm³/mol. The molecule has 2 atom stereocenters. The van der Waals surface area contributed by atoms with E-state index in [-0.39, 0.29) is 0 Å². The van der Waals surface area contributed by atoms with Crippen LogP contribution >= 0.6 is 0 Å². The molecule has 1 nitrogen and oxygen atoms in total. The second-order valence-corrected chi connectivity index (χ2v) is 3.86. The molecule has 1 aliphatic rings. The van der Waals surface area contributed by atoms with E-state index in [1.54, 1.807) is 0 Å². The van der Waals surface area contributed by atoms with Gasteiger partial charge in [0.05, 0.1) is 0 Å². The maximum atomic E-state index is 10.6. The highest BCUT2D eigenvalue weighted by Gasteiger charge is 2.21. The first-order chi connectivity index (χ1) is 6.83. The average molecular weight is 186 g/mol. The van der Waals surface area contributed by atoms with Crippen molar-refractivity contribution in [3.8, 4) is 0 Å². The van der Waals surface area contributed by atoms with Crippen LogP contribution in [0.5, 0.6) is 0 Å². The predicted octanol–water partition coefficient (Wildman–Crippen LogP) is 3.02. The Hall–Kier alpha value is -1.37. The molecular formula is C13H14O. The van der Waals surface area contributed by atoms with Crippen molar-refractivity contribution in [3.05, 3.63) is 41.5 Å². The normalized spacial score (nSPS) is 24.4.